The number of halogens is 1. The van der Waals surface area contributed by atoms with Gasteiger partial charge >= 0.3 is 5.97 Å². The Kier molecular flexibility index (Phi) is 6.36. The summed E-state index contributed by atoms with van der Waals surface area (Å²) < 4.78 is 0. The van der Waals surface area contributed by atoms with Crippen molar-refractivity contribution in [2.45, 2.75) is 43.4 Å². The maximum absolute atomic E-state index is 12.0. The largest absolute Gasteiger partial charge is 0.478 e. The molecule has 1 aliphatic rings. The van der Waals surface area contributed by atoms with Crippen molar-refractivity contribution in [1.82, 2.24) is 0 Å². The Labute approximate surface area is 177 Å². The summed E-state index contributed by atoms with van der Waals surface area (Å²) in [7, 11) is 0. The molecule has 158 valence electrons. The van der Waals surface area contributed by atoms with E-state index in [9.17, 15) is 30.1 Å². The Balaban J connectivity index is 2.28. The van der Waals surface area contributed by atoms with E-state index in [1.165, 1.54) is 12.1 Å². The molecule has 1 N–H and O–H groups in total. The number of hydrogen-bond donors (Lipinski definition) is 1. The molecule has 0 aromatic heterocycles. The van der Waals surface area contributed by atoms with Crippen molar-refractivity contribution in [3.63, 3.8) is 0 Å². The molecule has 1 saturated carbocycles. The Morgan fingerprint density at radius 2 is 1.70 bits per heavy atom. The molecule has 2 aromatic carbocycles. The number of benzene rings is 2. The lowest BCUT2D eigenvalue weighted by Gasteiger charge is -2.43. The van der Waals surface area contributed by atoms with Crippen molar-refractivity contribution in [2.24, 2.45) is 0 Å². The van der Waals surface area contributed by atoms with Crippen LogP contribution in [0.2, 0.25) is 5.02 Å². The van der Waals surface area contributed by atoms with Crippen molar-refractivity contribution < 1.29 is 19.7 Å². The maximum atomic E-state index is 12.0. The lowest BCUT2D eigenvalue weighted by atomic mass is 9.59. The number of nitro groups is 2. The van der Waals surface area contributed by atoms with Crippen LogP contribution < -0.4 is 0 Å². The predicted octanol–water partition coefficient (Wildman–Crippen LogP) is 5.21. The first-order chi connectivity index (χ1) is 14.2. The van der Waals surface area contributed by atoms with Gasteiger partial charge in [0.2, 0.25) is 6.54 Å². The average Bonchev–Trinajstić information content (AvgIpc) is 2.72. The monoisotopic (exact) mass is 432 g/mol. The molecule has 1 fully saturated rings. The van der Waals surface area contributed by atoms with Crippen molar-refractivity contribution in [1.29, 1.82) is 0 Å². The van der Waals surface area contributed by atoms with Crippen molar-refractivity contribution >= 4 is 23.3 Å². The zero-order valence-corrected chi connectivity index (χ0v) is 16.9. The number of non-ortho nitro benzene ring substituents is 1. The molecule has 1 atom stereocenters. The maximum Gasteiger partial charge on any atom is 0.335 e. The second-order valence-electron chi connectivity index (χ2n) is 7.63. The van der Waals surface area contributed by atoms with E-state index in [1.54, 1.807) is 24.3 Å². The minimum absolute atomic E-state index is 0.0511. The van der Waals surface area contributed by atoms with Gasteiger partial charge in [-0.1, -0.05) is 43.0 Å². The van der Waals surface area contributed by atoms with Gasteiger partial charge in [-0.05, 0) is 42.2 Å². The van der Waals surface area contributed by atoms with Crippen LogP contribution >= 0.6 is 11.6 Å². The third-order valence-corrected chi connectivity index (χ3v) is 6.25. The van der Waals surface area contributed by atoms with E-state index in [0.29, 0.717) is 29.0 Å². The van der Waals surface area contributed by atoms with Crippen LogP contribution in [0.25, 0.3) is 0 Å². The Hall–Kier alpha value is -3.00. The zero-order valence-electron chi connectivity index (χ0n) is 16.1. The number of hydrogen-bond acceptors (Lipinski definition) is 5. The van der Waals surface area contributed by atoms with E-state index in [2.05, 4.69) is 0 Å². The van der Waals surface area contributed by atoms with Gasteiger partial charge in [-0.15, -0.1) is 0 Å². The normalized spacial score (nSPS) is 16.6. The van der Waals surface area contributed by atoms with Crippen molar-refractivity contribution in [3.05, 3.63) is 84.4 Å². The highest BCUT2D eigenvalue weighted by molar-refractivity contribution is 6.30. The number of rotatable bonds is 7. The van der Waals surface area contributed by atoms with Gasteiger partial charge in [0.25, 0.3) is 5.69 Å². The van der Waals surface area contributed by atoms with Crippen molar-refractivity contribution in [2.75, 3.05) is 6.54 Å². The number of carbonyl (C=O) groups is 1. The SMILES string of the molecule is O=C(O)c1ccc([N+](=O)[O-])cc1C1(C(C[N+](=O)[O-])c2ccc(Cl)cc2)CCCCC1. The van der Waals surface area contributed by atoms with Gasteiger partial charge in [0, 0.05) is 27.5 Å². The molecule has 0 saturated heterocycles. The van der Waals surface area contributed by atoms with E-state index in [-0.39, 0.29) is 11.3 Å². The number of carboxylic acids is 1. The van der Waals surface area contributed by atoms with Crippen LogP contribution in [0.5, 0.6) is 0 Å². The Morgan fingerprint density at radius 3 is 2.23 bits per heavy atom. The highest BCUT2D eigenvalue weighted by Gasteiger charge is 2.47. The van der Waals surface area contributed by atoms with Crippen LogP contribution in [0.15, 0.2) is 42.5 Å². The summed E-state index contributed by atoms with van der Waals surface area (Å²) in [5.74, 6) is -1.86. The highest BCUT2D eigenvalue weighted by atomic mass is 35.5. The smallest absolute Gasteiger partial charge is 0.335 e. The molecule has 3 rings (SSSR count). The summed E-state index contributed by atoms with van der Waals surface area (Å²) in [5.41, 5.74) is -0.217. The average molecular weight is 433 g/mol. The van der Waals surface area contributed by atoms with Crippen LogP contribution in [0.3, 0.4) is 0 Å². The lowest BCUT2D eigenvalue weighted by molar-refractivity contribution is -0.485. The lowest BCUT2D eigenvalue weighted by Crippen LogP contribution is -2.40. The molecule has 0 aliphatic heterocycles. The molecule has 2 aromatic rings. The van der Waals surface area contributed by atoms with Crippen LogP contribution in [0.4, 0.5) is 5.69 Å². The van der Waals surface area contributed by atoms with Crippen LogP contribution in [-0.4, -0.2) is 27.5 Å². The molecule has 1 aliphatic carbocycles. The second-order valence-corrected chi connectivity index (χ2v) is 8.06. The summed E-state index contributed by atoms with van der Waals surface area (Å²) >= 11 is 6.00. The molecule has 0 radical (unpaired) electrons. The highest BCUT2D eigenvalue weighted by Crippen LogP contribution is 2.51. The fourth-order valence-corrected chi connectivity index (χ4v) is 4.80. The molecular weight excluding hydrogens is 412 g/mol. The third kappa shape index (κ3) is 4.28. The Bertz CT molecular complexity index is 970. The predicted molar refractivity (Wildman–Crippen MR) is 111 cm³/mol. The van der Waals surface area contributed by atoms with Crippen molar-refractivity contribution in [3.8, 4) is 0 Å². The molecule has 0 heterocycles. The number of nitrogens with zero attached hydrogens (tertiary/aromatic N) is 2. The van der Waals surface area contributed by atoms with Crippen LogP contribution in [-0.2, 0) is 5.41 Å². The van der Waals surface area contributed by atoms with Gasteiger partial charge < -0.3 is 5.11 Å². The van der Waals surface area contributed by atoms with Crippen LogP contribution in [0.1, 0.15) is 59.5 Å². The van der Waals surface area contributed by atoms with E-state index in [0.717, 1.165) is 25.3 Å². The number of aromatic carboxylic acids is 1. The fraction of sp³-hybridized carbons (Fsp3) is 0.381. The standard InChI is InChI=1S/C21H21ClN2O6/c22-15-6-4-14(5-7-15)19(13-23(27)28)21(10-2-1-3-11-21)18-12-16(24(29)30)8-9-17(18)20(25)26/h4-9,12,19H,1-3,10-11,13H2,(H,25,26). The summed E-state index contributed by atoms with van der Waals surface area (Å²) in [6.07, 6.45) is 3.45. The third-order valence-electron chi connectivity index (χ3n) is 6.00. The topological polar surface area (TPSA) is 124 Å². The van der Waals surface area contributed by atoms with Gasteiger partial charge in [-0.2, -0.15) is 0 Å². The van der Waals surface area contributed by atoms with E-state index in [4.69, 9.17) is 11.6 Å². The van der Waals surface area contributed by atoms with E-state index in [1.807, 2.05) is 0 Å². The van der Waals surface area contributed by atoms with Gasteiger partial charge in [-0.25, -0.2) is 4.79 Å². The minimum Gasteiger partial charge on any atom is -0.478 e. The summed E-state index contributed by atoms with van der Waals surface area (Å²) in [6, 6.07) is 10.4. The van der Waals surface area contributed by atoms with Gasteiger partial charge in [-0.3, -0.25) is 20.2 Å². The fourth-order valence-electron chi connectivity index (χ4n) is 4.68. The van der Waals surface area contributed by atoms with Gasteiger partial charge in [0.05, 0.1) is 16.4 Å². The van der Waals surface area contributed by atoms with Crippen LogP contribution in [0, 0.1) is 20.2 Å². The van der Waals surface area contributed by atoms with E-state index < -0.39 is 33.7 Å². The summed E-state index contributed by atoms with van der Waals surface area (Å²) in [4.78, 5) is 34.0. The van der Waals surface area contributed by atoms with E-state index >= 15 is 0 Å². The molecule has 0 spiro atoms. The first-order valence-corrected chi connectivity index (χ1v) is 10.0. The summed E-state index contributed by atoms with van der Waals surface area (Å²) in [6.45, 7) is -0.413. The molecule has 30 heavy (non-hydrogen) atoms. The number of nitro benzene ring substituents is 1. The first-order valence-electron chi connectivity index (χ1n) is 9.64. The first kappa shape index (κ1) is 21.7. The molecule has 8 nitrogen and oxygen atoms in total. The molecule has 0 bridgehead atoms. The molecular formula is C21H21ClN2O6. The molecule has 1 unspecified atom stereocenters. The zero-order chi connectivity index (χ0) is 21.9. The van der Waals surface area contributed by atoms with Gasteiger partial charge in [0.15, 0.2) is 0 Å². The Morgan fingerprint density at radius 1 is 1.07 bits per heavy atom. The summed E-state index contributed by atoms with van der Waals surface area (Å²) in [5, 5.41) is 33.3. The molecule has 9 heteroatoms. The molecule has 0 amide bonds. The van der Waals surface area contributed by atoms with Gasteiger partial charge in [0.1, 0.15) is 0 Å². The minimum atomic E-state index is -1.21. The quantitative estimate of drug-likeness (QED) is 0.473. The number of carboxylic acid groups (broad SMARTS) is 1. The second kappa shape index (κ2) is 8.79.